The molecule has 2 rings (SSSR count). The van der Waals surface area contributed by atoms with Crippen LogP contribution in [-0.2, 0) is 9.53 Å². The van der Waals surface area contributed by atoms with E-state index in [-0.39, 0.29) is 12.0 Å². The lowest BCUT2D eigenvalue weighted by Gasteiger charge is -2.15. The lowest BCUT2D eigenvalue weighted by atomic mass is 10.1. The predicted molar refractivity (Wildman–Crippen MR) is 64.4 cm³/mol. The second-order valence-corrected chi connectivity index (χ2v) is 4.87. The molecule has 0 amide bonds. The molecular formula is C12H17NO2S. The van der Waals surface area contributed by atoms with E-state index in [1.807, 2.05) is 23.8 Å². The van der Waals surface area contributed by atoms with Crippen LogP contribution in [-0.4, -0.2) is 19.1 Å². The summed E-state index contributed by atoms with van der Waals surface area (Å²) in [7, 11) is 0. The van der Waals surface area contributed by atoms with Crippen LogP contribution in [0.5, 0.6) is 0 Å². The Morgan fingerprint density at radius 3 is 3.06 bits per heavy atom. The molecule has 3 nitrogen and oxygen atoms in total. The zero-order valence-corrected chi connectivity index (χ0v) is 10.3. The molecular weight excluding hydrogens is 222 g/mol. The zero-order valence-electron chi connectivity index (χ0n) is 9.44. The molecule has 0 aromatic carbocycles. The Hall–Kier alpha value is -0.870. The fourth-order valence-corrected chi connectivity index (χ4v) is 2.29. The van der Waals surface area contributed by atoms with Crippen LogP contribution in [0.2, 0.25) is 0 Å². The summed E-state index contributed by atoms with van der Waals surface area (Å²) in [4.78, 5) is 11.8. The third-order valence-corrected chi connectivity index (χ3v) is 3.41. The van der Waals surface area contributed by atoms with E-state index in [0.717, 1.165) is 18.0 Å². The minimum Gasteiger partial charge on any atom is -0.465 e. The smallest absolute Gasteiger partial charge is 0.327 e. The maximum Gasteiger partial charge on any atom is 0.327 e. The Balaban J connectivity index is 1.96. The summed E-state index contributed by atoms with van der Waals surface area (Å²) in [6, 6.07) is 1.69. The SMILES string of the molecule is CCOC(=O)C(NCC1CC1)c1ccsc1. The Morgan fingerprint density at radius 1 is 1.69 bits per heavy atom. The molecule has 1 aromatic rings. The van der Waals surface area contributed by atoms with Gasteiger partial charge in [-0.25, -0.2) is 4.79 Å². The van der Waals surface area contributed by atoms with Gasteiger partial charge < -0.3 is 10.1 Å². The van der Waals surface area contributed by atoms with Crippen molar-refractivity contribution in [3.8, 4) is 0 Å². The summed E-state index contributed by atoms with van der Waals surface area (Å²) in [5, 5.41) is 7.29. The lowest BCUT2D eigenvalue weighted by molar-refractivity contribution is -0.145. The molecule has 1 heterocycles. The molecule has 1 N–H and O–H groups in total. The van der Waals surface area contributed by atoms with E-state index in [0.29, 0.717) is 6.61 Å². The van der Waals surface area contributed by atoms with Crippen molar-refractivity contribution < 1.29 is 9.53 Å². The van der Waals surface area contributed by atoms with Crippen molar-refractivity contribution in [1.29, 1.82) is 0 Å². The van der Waals surface area contributed by atoms with Gasteiger partial charge in [-0.05, 0) is 54.6 Å². The predicted octanol–water partition coefficient (Wildman–Crippen LogP) is 2.35. The number of thiophene rings is 1. The Kier molecular flexibility index (Phi) is 3.96. The van der Waals surface area contributed by atoms with Gasteiger partial charge in [0.1, 0.15) is 6.04 Å². The maximum atomic E-state index is 11.8. The minimum absolute atomic E-state index is 0.165. The van der Waals surface area contributed by atoms with Crippen LogP contribution in [0.1, 0.15) is 31.4 Å². The van der Waals surface area contributed by atoms with Crippen molar-refractivity contribution in [3.63, 3.8) is 0 Å². The van der Waals surface area contributed by atoms with Crippen LogP contribution in [0.15, 0.2) is 16.8 Å². The molecule has 1 aliphatic carbocycles. The number of hydrogen-bond donors (Lipinski definition) is 1. The average Bonchev–Trinajstić information content (AvgIpc) is 2.93. The van der Waals surface area contributed by atoms with E-state index >= 15 is 0 Å². The fourth-order valence-electron chi connectivity index (χ4n) is 1.61. The highest BCUT2D eigenvalue weighted by molar-refractivity contribution is 7.08. The highest BCUT2D eigenvalue weighted by Crippen LogP contribution is 2.29. The van der Waals surface area contributed by atoms with E-state index in [1.165, 1.54) is 12.8 Å². The van der Waals surface area contributed by atoms with E-state index < -0.39 is 0 Å². The van der Waals surface area contributed by atoms with Gasteiger partial charge in [0.25, 0.3) is 0 Å². The van der Waals surface area contributed by atoms with E-state index in [4.69, 9.17) is 4.74 Å². The standard InChI is InChI=1S/C12H17NO2S/c1-2-15-12(14)11(10-5-6-16-8-10)13-7-9-3-4-9/h5-6,8-9,11,13H,2-4,7H2,1H3. The molecule has 1 unspecified atom stereocenters. The largest absolute Gasteiger partial charge is 0.465 e. The fraction of sp³-hybridized carbons (Fsp3) is 0.583. The van der Waals surface area contributed by atoms with Crippen LogP contribution in [0, 0.1) is 5.92 Å². The molecule has 0 spiro atoms. The summed E-state index contributed by atoms with van der Waals surface area (Å²) in [6.07, 6.45) is 2.57. The van der Waals surface area contributed by atoms with Gasteiger partial charge in [-0.15, -0.1) is 0 Å². The summed E-state index contributed by atoms with van der Waals surface area (Å²) < 4.78 is 5.08. The highest BCUT2D eigenvalue weighted by Gasteiger charge is 2.26. The molecule has 1 atom stereocenters. The molecule has 1 aliphatic rings. The molecule has 88 valence electrons. The molecule has 1 fully saturated rings. The van der Waals surface area contributed by atoms with Crippen molar-refractivity contribution in [2.75, 3.05) is 13.2 Å². The average molecular weight is 239 g/mol. The first-order valence-electron chi connectivity index (χ1n) is 5.73. The van der Waals surface area contributed by atoms with Crippen LogP contribution in [0.25, 0.3) is 0 Å². The van der Waals surface area contributed by atoms with Crippen molar-refractivity contribution in [2.24, 2.45) is 5.92 Å². The molecule has 16 heavy (non-hydrogen) atoms. The first-order chi connectivity index (χ1) is 7.81. The molecule has 0 bridgehead atoms. The van der Waals surface area contributed by atoms with Gasteiger partial charge >= 0.3 is 5.97 Å². The number of nitrogens with one attached hydrogen (secondary N) is 1. The van der Waals surface area contributed by atoms with Crippen molar-refractivity contribution in [2.45, 2.75) is 25.8 Å². The molecule has 0 saturated heterocycles. The van der Waals surface area contributed by atoms with Crippen molar-refractivity contribution in [3.05, 3.63) is 22.4 Å². The second-order valence-electron chi connectivity index (χ2n) is 4.09. The number of carbonyl (C=O) groups is 1. The molecule has 1 aromatic heterocycles. The molecule has 4 heteroatoms. The summed E-state index contributed by atoms with van der Waals surface area (Å²) in [6.45, 7) is 3.19. The Labute approximate surface area is 99.8 Å². The summed E-state index contributed by atoms with van der Waals surface area (Å²) >= 11 is 1.61. The molecule has 0 aliphatic heterocycles. The molecule has 0 radical (unpaired) electrons. The normalized spacial score (nSPS) is 17.1. The highest BCUT2D eigenvalue weighted by atomic mass is 32.1. The molecule has 1 saturated carbocycles. The zero-order chi connectivity index (χ0) is 11.4. The van der Waals surface area contributed by atoms with Crippen molar-refractivity contribution >= 4 is 17.3 Å². The third kappa shape index (κ3) is 3.06. The lowest BCUT2D eigenvalue weighted by Crippen LogP contribution is -2.31. The van der Waals surface area contributed by atoms with E-state index in [9.17, 15) is 4.79 Å². The first kappa shape index (κ1) is 11.6. The summed E-state index contributed by atoms with van der Waals surface area (Å²) in [5.41, 5.74) is 1.02. The van der Waals surface area contributed by atoms with Crippen LogP contribution >= 0.6 is 11.3 Å². The topological polar surface area (TPSA) is 38.3 Å². The summed E-state index contributed by atoms with van der Waals surface area (Å²) in [5.74, 6) is 0.595. The number of rotatable bonds is 6. The van der Waals surface area contributed by atoms with E-state index in [1.54, 1.807) is 11.3 Å². The third-order valence-electron chi connectivity index (χ3n) is 2.71. The van der Waals surface area contributed by atoms with Crippen LogP contribution < -0.4 is 5.32 Å². The van der Waals surface area contributed by atoms with E-state index in [2.05, 4.69) is 5.32 Å². The van der Waals surface area contributed by atoms with Gasteiger partial charge in [-0.1, -0.05) is 0 Å². The quantitative estimate of drug-likeness (QED) is 0.774. The van der Waals surface area contributed by atoms with Gasteiger partial charge in [-0.3, -0.25) is 0 Å². The van der Waals surface area contributed by atoms with Gasteiger partial charge in [0.15, 0.2) is 0 Å². The number of ether oxygens (including phenoxy) is 1. The van der Waals surface area contributed by atoms with Crippen LogP contribution in [0.4, 0.5) is 0 Å². The van der Waals surface area contributed by atoms with Gasteiger partial charge in [0.05, 0.1) is 6.61 Å². The minimum atomic E-state index is -0.285. The van der Waals surface area contributed by atoms with Gasteiger partial charge in [0, 0.05) is 0 Å². The maximum absolute atomic E-state index is 11.8. The number of hydrogen-bond acceptors (Lipinski definition) is 4. The Bertz CT molecular complexity index is 333. The number of carbonyl (C=O) groups excluding carboxylic acids is 1. The van der Waals surface area contributed by atoms with Crippen LogP contribution in [0.3, 0.4) is 0 Å². The van der Waals surface area contributed by atoms with Crippen molar-refractivity contribution in [1.82, 2.24) is 5.32 Å². The van der Waals surface area contributed by atoms with Gasteiger partial charge in [-0.2, -0.15) is 11.3 Å². The Morgan fingerprint density at radius 2 is 2.50 bits per heavy atom. The monoisotopic (exact) mass is 239 g/mol. The first-order valence-corrected chi connectivity index (χ1v) is 6.67. The number of esters is 1. The second kappa shape index (κ2) is 5.46. The van der Waals surface area contributed by atoms with Gasteiger partial charge in [0.2, 0.25) is 0 Å².